The molecule has 0 fully saturated rings. The molecule has 2 aromatic rings. The second-order valence-electron chi connectivity index (χ2n) is 6.29. The molecule has 1 aliphatic carbocycles. The molecule has 0 saturated carbocycles. The minimum Gasteiger partial charge on any atom is -0.275 e. The highest BCUT2D eigenvalue weighted by Crippen LogP contribution is 2.37. The third-order valence-corrected chi connectivity index (χ3v) is 4.51. The van der Waals surface area contributed by atoms with Gasteiger partial charge in [0.15, 0.2) is 0 Å². The quantitative estimate of drug-likeness (QED) is 0.706. The van der Waals surface area contributed by atoms with Gasteiger partial charge in [-0.1, -0.05) is 42.5 Å². The number of amides is 1. The van der Waals surface area contributed by atoms with Crippen LogP contribution >= 0.6 is 0 Å². The van der Waals surface area contributed by atoms with Gasteiger partial charge in [0.25, 0.3) is 5.91 Å². The largest absolute Gasteiger partial charge is 0.412 e. The third-order valence-electron chi connectivity index (χ3n) is 4.51. The van der Waals surface area contributed by atoms with Crippen LogP contribution in [-0.4, -0.2) is 17.8 Å². The summed E-state index contributed by atoms with van der Waals surface area (Å²) in [6.07, 6.45) is -1.55. The van der Waals surface area contributed by atoms with Crippen molar-refractivity contribution in [3.8, 4) is 0 Å². The molecule has 2 aromatic carbocycles. The minimum atomic E-state index is -4.38. The maximum absolute atomic E-state index is 13.0. The zero-order valence-electron chi connectivity index (χ0n) is 14.2. The molecule has 6 heteroatoms. The van der Waals surface area contributed by atoms with Crippen molar-refractivity contribution < 1.29 is 18.0 Å². The average molecular weight is 368 g/mol. The van der Waals surface area contributed by atoms with Gasteiger partial charge < -0.3 is 0 Å². The number of nitrogens with zero attached hydrogens (tertiary/aromatic N) is 2. The van der Waals surface area contributed by atoms with Gasteiger partial charge in [-0.25, -0.2) is 4.99 Å². The lowest BCUT2D eigenvalue weighted by Gasteiger charge is -2.16. The second-order valence-corrected chi connectivity index (χ2v) is 6.29. The Balaban J connectivity index is 1.78. The lowest BCUT2D eigenvalue weighted by molar-refractivity contribution is -0.111. The van der Waals surface area contributed by atoms with Crippen molar-refractivity contribution >= 4 is 23.0 Å². The number of fused-ring (bicyclic) bond motifs is 1. The number of anilines is 2. The van der Waals surface area contributed by atoms with Gasteiger partial charge in [-0.15, -0.1) is 0 Å². The van der Waals surface area contributed by atoms with Crippen molar-refractivity contribution in [1.82, 2.24) is 0 Å². The fourth-order valence-electron chi connectivity index (χ4n) is 3.26. The number of hydrogen-bond acceptors (Lipinski definition) is 2. The molecule has 0 saturated heterocycles. The normalized spacial score (nSPS) is 18.4. The van der Waals surface area contributed by atoms with Crippen molar-refractivity contribution in [2.45, 2.75) is 19.0 Å². The molecule has 2 aliphatic rings. The maximum Gasteiger partial charge on any atom is 0.412 e. The van der Waals surface area contributed by atoms with Crippen molar-refractivity contribution in [1.29, 1.82) is 0 Å². The molecule has 0 atom stereocenters. The van der Waals surface area contributed by atoms with Crippen LogP contribution in [0, 0.1) is 0 Å². The summed E-state index contributed by atoms with van der Waals surface area (Å²) in [5.74, 6) is -0.351. The predicted octanol–water partition coefficient (Wildman–Crippen LogP) is 5.32. The summed E-state index contributed by atoms with van der Waals surface area (Å²) in [7, 11) is 0. The summed E-state index contributed by atoms with van der Waals surface area (Å²) in [6.45, 7) is 0. The topological polar surface area (TPSA) is 32.7 Å². The molecule has 0 radical (unpaired) electrons. The van der Waals surface area contributed by atoms with Crippen LogP contribution in [0.1, 0.15) is 18.4 Å². The number of carbonyl (C=O) groups excluding carboxylic acids is 1. The van der Waals surface area contributed by atoms with Crippen molar-refractivity contribution in [2.75, 3.05) is 4.90 Å². The Hall–Kier alpha value is -3.15. The van der Waals surface area contributed by atoms with Gasteiger partial charge in [0.05, 0.1) is 11.4 Å². The molecule has 0 bridgehead atoms. The van der Waals surface area contributed by atoms with Gasteiger partial charge in [-0.3, -0.25) is 9.69 Å². The molecule has 0 spiro atoms. The molecule has 0 N–H and O–H groups in total. The summed E-state index contributed by atoms with van der Waals surface area (Å²) in [6, 6.07) is 16.3. The molecule has 3 nitrogen and oxygen atoms in total. The van der Waals surface area contributed by atoms with Crippen molar-refractivity contribution in [2.24, 2.45) is 4.99 Å². The van der Waals surface area contributed by atoms with E-state index in [0.29, 0.717) is 16.9 Å². The van der Waals surface area contributed by atoms with Crippen LogP contribution in [0.3, 0.4) is 0 Å². The van der Waals surface area contributed by atoms with E-state index in [1.165, 1.54) is 4.90 Å². The Morgan fingerprint density at radius 1 is 0.963 bits per heavy atom. The highest BCUT2D eigenvalue weighted by atomic mass is 19.4. The Morgan fingerprint density at radius 3 is 2.41 bits per heavy atom. The molecule has 0 aromatic heterocycles. The van der Waals surface area contributed by atoms with Crippen LogP contribution in [0.25, 0.3) is 0 Å². The second kappa shape index (κ2) is 6.54. The highest BCUT2D eigenvalue weighted by Gasteiger charge is 2.36. The van der Waals surface area contributed by atoms with E-state index in [1.807, 2.05) is 24.3 Å². The molecular formula is C21H15F3N2O. The number of alkyl halides is 3. The van der Waals surface area contributed by atoms with Gasteiger partial charge in [-0.2, -0.15) is 13.2 Å². The summed E-state index contributed by atoms with van der Waals surface area (Å²) >= 11 is 0. The van der Waals surface area contributed by atoms with E-state index in [0.717, 1.165) is 6.08 Å². The molecule has 1 amide bonds. The zero-order chi connectivity index (χ0) is 19.0. The number of carbonyl (C=O) groups is 1. The number of allylic oxidation sites excluding steroid dienone is 3. The first-order valence-corrected chi connectivity index (χ1v) is 8.50. The van der Waals surface area contributed by atoms with Crippen LogP contribution in [0.4, 0.5) is 24.5 Å². The smallest absolute Gasteiger partial charge is 0.275 e. The first kappa shape index (κ1) is 17.3. The van der Waals surface area contributed by atoms with E-state index in [9.17, 15) is 18.0 Å². The zero-order valence-corrected chi connectivity index (χ0v) is 14.2. The predicted molar refractivity (Wildman–Crippen MR) is 98.0 cm³/mol. The van der Waals surface area contributed by atoms with E-state index in [2.05, 4.69) is 4.99 Å². The van der Waals surface area contributed by atoms with Gasteiger partial charge in [0.2, 0.25) is 0 Å². The van der Waals surface area contributed by atoms with E-state index in [4.69, 9.17) is 0 Å². The van der Waals surface area contributed by atoms with E-state index >= 15 is 0 Å². The lowest BCUT2D eigenvalue weighted by atomic mass is 10.0. The Morgan fingerprint density at radius 2 is 1.67 bits per heavy atom. The molecule has 1 heterocycles. The number of para-hydroxylation sites is 2. The fourth-order valence-corrected chi connectivity index (χ4v) is 3.26. The van der Waals surface area contributed by atoms with E-state index < -0.39 is 11.7 Å². The Bertz CT molecular complexity index is 988. The van der Waals surface area contributed by atoms with Gasteiger partial charge in [-0.05, 0) is 37.1 Å². The van der Waals surface area contributed by atoms with Crippen LogP contribution in [-0.2, 0) is 4.79 Å². The Labute approximate surface area is 154 Å². The molecule has 4 rings (SSSR count). The average Bonchev–Trinajstić information content (AvgIpc) is 2.94. The molecular weight excluding hydrogens is 353 g/mol. The standard InChI is InChI=1S/C21H15F3N2O/c22-21(23,24)14-7-6-8-15(13-14)25-19-17-11-4-5-12-18(17)26(20(19)27)16-9-2-1-3-10-16/h1-5,8-13H,6-7H2. The summed E-state index contributed by atoms with van der Waals surface area (Å²) in [5.41, 5.74) is 1.66. The highest BCUT2D eigenvalue weighted by molar-refractivity contribution is 6.55. The number of halogens is 3. The first-order valence-electron chi connectivity index (χ1n) is 8.50. The van der Waals surface area contributed by atoms with Gasteiger partial charge in [0, 0.05) is 16.8 Å². The molecule has 0 unspecified atom stereocenters. The molecule has 136 valence electrons. The molecule has 27 heavy (non-hydrogen) atoms. The van der Waals surface area contributed by atoms with Crippen molar-refractivity contribution in [3.63, 3.8) is 0 Å². The number of aliphatic imine (C=N–C) groups is 1. The summed E-state index contributed by atoms with van der Waals surface area (Å²) in [4.78, 5) is 18.9. The maximum atomic E-state index is 13.0. The third kappa shape index (κ3) is 3.18. The van der Waals surface area contributed by atoms with E-state index in [-0.39, 0.29) is 30.2 Å². The van der Waals surface area contributed by atoms with Crippen LogP contribution in [0.5, 0.6) is 0 Å². The van der Waals surface area contributed by atoms with E-state index in [1.54, 1.807) is 36.4 Å². The number of rotatable bonds is 2. The minimum absolute atomic E-state index is 0.0709. The lowest BCUT2D eigenvalue weighted by Crippen LogP contribution is -2.25. The van der Waals surface area contributed by atoms with Crippen molar-refractivity contribution in [3.05, 3.63) is 83.6 Å². The number of hydrogen-bond donors (Lipinski definition) is 0. The number of benzene rings is 2. The fraction of sp³-hybridized carbons (Fsp3) is 0.143. The van der Waals surface area contributed by atoms with Crippen LogP contribution in [0.15, 0.2) is 83.0 Å². The summed E-state index contributed by atoms with van der Waals surface area (Å²) in [5, 5.41) is 0. The SMILES string of the molecule is O=C1C(=NC2=CCCC(C(F)(F)F)=C2)c2ccccc2N1c1ccccc1. The monoisotopic (exact) mass is 368 g/mol. The van der Waals surface area contributed by atoms with Gasteiger partial charge in [0.1, 0.15) is 5.71 Å². The molecule has 1 aliphatic heterocycles. The Kier molecular flexibility index (Phi) is 4.18. The summed E-state index contributed by atoms with van der Waals surface area (Å²) < 4.78 is 39.0. The first-order chi connectivity index (χ1) is 12.9. The van der Waals surface area contributed by atoms with Crippen LogP contribution < -0.4 is 4.90 Å². The van der Waals surface area contributed by atoms with Crippen LogP contribution in [0.2, 0.25) is 0 Å². The van der Waals surface area contributed by atoms with Gasteiger partial charge >= 0.3 is 6.18 Å².